The summed E-state index contributed by atoms with van der Waals surface area (Å²) in [5.74, 6) is -1.28. The minimum absolute atomic E-state index is 0.0625. The van der Waals surface area contributed by atoms with Crippen LogP contribution in [0.25, 0.3) is 5.52 Å². The molecule has 1 aliphatic carbocycles. The third kappa shape index (κ3) is 2.27. The lowest BCUT2D eigenvalue weighted by Gasteiger charge is -2.15. The SMILES string of the molecule is COCCOC(=O)c1c2c(n3ccccc13)C(=O)c1ccccc1C2=O. The maximum absolute atomic E-state index is 13.1. The maximum Gasteiger partial charge on any atom is 0.341 e. The van der Waals surface area contributed by atoms with Gasteiger partial charge >= 0.3 is 5.97 Å². The number of hydrogen-bond donors (Lipinski definition) is 0. The molecular formula is C20H15NO5. The molecule has 3 aromatic rings. The number of hydrogen-bond acceptors (Lipinski definition) is 5. The molecule has 0 spiro atoms. The van der Waals surface area contributed by atoms with E-state index in [1.165, 1.54) is 7.11 Å². The number of pyridine rings is 1. The quantitative estimate of drug-likeness (QED) is 0.418. The highest BCUT2D eigenvalue weighted by atomic mass is 16.6. The molecule has 0 atom stereocenters. The average molecular weight is 349 g/mol. The van der Waals surface area contributed by atoms with Gasteiger partial charge in [-0.2, -0.15) is 0 Å². The van der Waals surface area contributed by atoms with Crippen LogP contribution in [-0.2, 0) is 9.47 Å². The highest BCUT2D eigenvalue weighted by Gasteiger charge is 2.38. The van der Waals surface area contributed by atoms with Crippen molar-refractivity contribution >= 4 is 23.1 Å². The Labute approximate surface area is 149 Å². The number of fused-ring (bicyclic) bond motifs is 4. The van der Waals surface area contributed by atoms with Crippen molar-refractivity contribution in [2.24, 2.45) is 0 Å². The number of rotatable bonds is 4. The first-order valence-electron chi connectivity index (χ1n) is 8.12. The van der Waals surface area contributed by atoms with Crippen LogP contribution in [0.1, 0.15) is 42.3 Å². The lowest BCUT2D eigenvalue weighted by molar-refractivity contribution is 0.0388. The van der Waals surface area contributed by atoms with Gasteiger partial charge in [0.15, 0.2) is 5.78 Å². The van der Waals surface area contributed by atoms with Crippen LogP contribution in [0, 0.1) is 0 Å². The Balaban J connectivity index is 1.96. The van der Waals surface area contributed by atoms with Gasteiger partial charge in [0, 0.05) is 24.4 Å². The van der Waals surface area contributed by atoms with Gasteiger partial charge in [-0.15, -0.1) is 0 Å². The van der Waals surface area contributed by atoms with E-state index in [1.54, 1.807) is 53.1 Å². The Hall–Kier alpha value is -3.25. The van der Waals surface area contributed by atoms with Gasteiger partial charge in [-0.3, -0.25) is 9.59 Å². The van der Waals surface area contributed by atoms with E-state index in [0.29, 0.717) is 16.6 Å². The molecule has 4 rings (SSSR count). The van der Waals surface area contributed by atoms with Crippen molar-refractivity contribution < 1.29 is 23.9 Å². The fraction of sp³-hybridized carbons (Fsp3) is 0.150. The molecule has 0 fully saturated rings. The molecule has 6 nitrogen and oxygen atoms in total. The van der Waals surface area contributed by atoms with E-state index in [1.807, 2.05) is 0 Å². The predicted octanol–water partition coefficient (Wildman–Crippen LogP) is 2.52. The Morgan fingerprint density at radius 3 is 2.38 bits per heavy atom. The third-order valence-corrected chi connectivity index (χ3v) is 4.43. The van der Waals surface area contributed by atoms with Gasteiger partial charge in [0.05, 0.1) is 23.3 Å². The summed E-state index contributed by atoms with van der Waals surface area (Å²) in [6.07, 6.45) is 1.67. The summed E-state index contributed by atoms with van der Waals surface area (Å²) in [7, 11) is 1.50. The molecule has 0 N–H and O–H groups in total. The topological polar surface area (TPSA) is 74.1 Å². The van der Waals surface area contributed by atoms with E-state index in [-0.39, 0.29) is 41.6 Å². The standard InChI is InChI=1S/C20H15NO5/c1-25-10-11-26-20(24)15-14-8-4-5-9-21(14)17-16(15)18(22)12-6-2-3-7-13(12)19(17)23/h2-9H,10-11H2,1H3. The number of ether oxygens (including phenoxy) is 2. The molecule has 6 heteroatoms. The molecule has 0 radical (unpaired) electrons. The zero-order valence-corrected chi connectivity index (χ0v) is 14.0. The van der Waals surface area contributed by atoms with Crippen LogP contribution in [-0.4, -0.2) is 42.3 Å². The van der Waals surface area contributed by atoms with Gasteiger partial charge in [0.2, 0.25) is 5.78 Å². The Morgan fingerprint density at radius 2 is 1.65 bits per heavy atom. The maximum atomic E-state index is 13.1. The van der Waals surface area contributed by atoms with Crippen LogP contribution >= 0.6 is 0 Å². The van der Waals surface area contributed by atoms with Gasteiger partial charge < -0.3 is 13.9 Å². The first-order chi connectivity index (χ1) is 12.6. The smallest absolute Gasteiger partial charge is 0.341 e. The normalized spacial score (nSPS) is 12.8. The second-order valence-electron chi connectivity index (χ2n) is 5.89. The lowest BCUT2D eigenvalue weighted by Crippen LogP contribution is -2.23. The number of aromatic nitrogens is 1. The number of carbonyl (C=O) groups excluding carboxylic acids is 3. The highest BCUT2D eigenvalue weighted by Crippen LogP contribution is 2.34. The summed E-state index contributed by atoms with van der Waals surface area (Å²) >= 11 is 0. The number of methoxy groups -OCH3 is 1. The minimum atomic E-state index is -0.646. The zero-order chi connectivity index (χ0) is 18.3. The second-order valence-corrected chi connectivity index (χ2v) is 5.89. The Bertz CT molecular complexity index is 1060. The number of ketones is 2. The van der Waals surface area contributed by atoms with Crippen LogP contribution < -0.4 is 0 Å². The molecule has 0 aliphatic heterocycles. The van der Waals surface area contributed by atoms with Crippen LogP contribution in [0.3, 0.4) is 0 Å². The van der Waals surface area contributed by atoms with Crippen molar-refractivity contribution in [3.63, 3.8) is 0 Å². The van der Waals surface area contributed by atoms with Crippen LogP contribution in [0.4, 0.5) is 0 Å². The molecule has 0 amide bonds. The van der Waals surface area contributed by atoms with Gasteiger partial charge in [-0.1, -0.05) is 30.3 Å². The van der Waals surface area contributed by atoms with E-state index >= 15 is 0 Å². The second kappa shape index (κ2) is 6.24. The molecular weight excluding hydrogens is 334 g/mol. The van der Waals surface area contributed by atoms with E-state index in [9.17, 15) is 14.4 Å². The molecule has 0 saturated carbocycles. The van der Waals surface area contributed by atoms with Crippen LogP contribution in [0.2, 0.25) is 0 Å². The lowest BCUT2D eigenvalue weighted by atomic mass is 9.86. The van der Waals surface area contributed by atoms with Gasteiger partial charge in [0.1, 0.15) is 12.3 Å². The Kier molecular flexibility index (Phi) is 3.89. The fourth-order valence-corrected chi connectivity index (χ4v) is 3.29. The number of nitrogens with zero attached hydrogens (tertiary/aromatic N) is 1. The Morgan fingerprint density at radius 1 is 0.962 bits per heavy atom. The van der Waals surface area contributed by atoms with Crippen molar-refractivity contribution in [3.8, 4) is 0 Å². The summed E-state index contributed by atoms with van der Waals surface area (Å²) in [5.41, 5.74) is 1.52. The van der Waals surface area contributed by atoms with Crippen molar-refractivity contribution in [2.75, 3.05) is 20.3 Å². The molecule has 1 aromatic carbocycles. The number of benzene rings is 1. The summed E-state index contributed by atoms with van der Waals surface area (Å²) < 4.78 is 11.7. The fourth-order valence-electron chi connectivity index (χ4n) is 3.29. The largest absolute Gasteiger partial charge is 0.460 e. The van der Waals surface area contributed by atoms with E-state index in [2.05, 4.69) is 0 Å². The molecule has 0 bridgehead atoms. The van der Waals surface area contributed by atoms with Gasteiger partial charge in [-0.05, 0) is 12.1 Å². The summed E-state index contributed by atoms with van der Waals surface area (Å²) in [6.45, 7) is 0.308. The van der Waals surface area contributed by atoms with E-state index in [0.717, 1.165) is 0 Å². The summed E-state index contributed by atoms with van der Waals surface area (Å²) in [4.78, 5) is 38.8. The molecule has 26 heavy (non-hydrogen) atoms. The molecule has 130 valence electrons. The summed E-state index contributed by atoms with van der Waals surface area (Å²) in [6, 6.07) is 11.8. The van der Waals surface area contributed by atoms with Crippen LogP contribution in [0.15, 0.2) is 48.7 Å². The van der Waals surface area contributed by atoms with E-state index in [4.69, 9.17) is 9.47 Å². The first-order valence-corrected chi connectivity index (χ1v) is 8.12. The molecule has 0 saturated heterocycles. The average Bonchev–Trinajstić information content (AvgIpc) is 3.02. The molecule has 2 aromatic heterocycles. The number of carbonyl (C=O) groups is 3. The zero-order valence-electron chi connectivity index (χ0n) is 14.0. The van der Waals surface area contributed by atoms with Crippen molar-refractivity contribution in [1.29, 1.82) is 0 Å². The molecule has 2 heterocycles. The first kappa shape index (κ1) is 16.2. The number of esters is 1. The third-order valence-electron chi connectivity index (χ3n) is 4.43. The summed E-state index contributed by atoms with van der Waals surface area (Å²) in [5, 5.41) is 0. The monoisotopic (exact) mass is 349 g/mol. The highest BCUT2D eigenvalue weighted by molar-refractivity contribution is 6.31. The molecule has 0 unspecified atom stereocenters. The molecule has 1 aliphatic rings. The van der Waals surface area contributed by atoms with Crippen molar-refractivity contribution in [2.45, 2.75) is 0 Å². The van der Waals surface area contributed by atoms with Crippen LogP contribution in [0.5, 0.6) is 0 Å². The van der Waals surface area contributed by atoms with E-state index < -0.39 is 5.97 Å². The van der Waals surface area contributed by atoms with Crippen molar-refractivity contribution in [3.05, 3.63) is 76.6 Å². The minimum Gasteiger partial charge on any atom is -0.460 e. The predicted molar refractivity (Wildman–Crippen MR) is 92.9 cm³/mol. The van der Waals surface area contributed by atoms with Gasteiger partial charge in [-0.25, -0.2) is 4.79 Å². The van der Waals surface area contributed by atoms with Crippen molar-refractivity contribution in [1.82, 2.24) is 4.40 Å². The van der Waals surface area contributed by atoms with Gasteiger partial charge in [0.25, 0.3) is 0 Å².